The molecule has 0 saturated heterocycles. The zero-order valence-corrected chi connectivity index (χ0v) is 10.1. The molecule has 0 amide bonds. The molecule has 0 atom stereocenters. The first-order valence-corrected chi connectivity index (χ1v) is 6.19. The fourth-order valence-corrected chi connectivity index (χ4v) is 2.12. The highest BCUT2D eigenvalue weighted by Crippen LogP contribution is 2.15. The van der Waals surface area contributed by atoms with Gasteiger partial charge in [-0.05, 0) is 41.1 Å². The standard InChI is InChI=1S/C17H15N/c1-2-5-14(6-3-1)7-4-8-15-9-10-17-16(13-15)11-12-18-17/h1-6,8-13,18H,7H2/b8-4+. The molecule has 0 radical (unpaired) electrons. The van der Waals surface area contributed by atoms with Crippen LogP contribution in [0.5, 0.6) is 0 Å². The molecule has 1 nitrogen and oxygen atoms in total. The molecule has 0 fully saturated rings. The summed E-state index contributed by atoms with van der Waals surface area (Å²) in [7, 11) is 0. The van der Waals surface area contributed by atoms with Crippen molar-refractivity contribution in [1.82, 2.24) is 4.98 Å². The number of allylic oxidation sites excluding steroid dienone is 1. The Morgan fingerprint density at radius 1 is 0.944 bits per heavy atom. The molecule has 0 bridgehead atoms. The van der Waals surface area contributed by atoms with Gasteiger partial charge in [0.15, 0.2) is 0 Å². The van der Waals surface area contributed by atoms with E-state index in [0.717, 1.165) is 6.42 Å². The Hall–Kier alpha value is -2.28. The number of aromatic amines is 1. The molecule has 18 heavy (non-hydrogen) atoms. The maximum Gasteiger partial charge on any atom is 0.0454 e. The first-order valence-electron chi connectivity index (χ1n) is 6.19. The molecule has 3 aromatic rings. The molecule has 1 N–H and O–H groups in total. The number of fused-ring (bicyclic) bond motifs is 1. The van der Waals surface area contributed by atoms with Gasteiger partial charge in [0.1, 0.15) is 0 Å². The van der Waals surface area contributed by atoms with E-state index in [2.05, 4.69) is 65.7 Å². The number of nitrogens with one attached hydrogen (secondary N) is 1. The molecule has 0 spiro atoms. The summed E-state index contributed by atoms with van der Waals surface area (Å²) in [5, 5.41) is 1.26. The Morgan fingerprint density at radius 3 is 2.72 bits per heavy atom. The Morgan fingerprint density at radius 2 is 1.83 bits per heavy atom. The third-order valence-corrected chi connectivity index (χ3v) is 3.08. The summed E-state index contributed by atoms with van der Waals surface area (Å²) in [4.78, 5) is 3.20. The highest BCUT2D eigenvalue weighted by Gasteiger charge is 1.94. The van der Waals surface area contributed by atoms with E-state index in [1.807, 2.05) is 12.3 Å². The van der Waals surface area contributed by atoms with Crippen molar-refractivity contribution in [2.75, 3.05) is 0 Å². The Labute approximate surface area is 107 Å². The van der Waals surface area contributed by atoms with Crippen LogP contribution in [-0.2, 0) is 6.42 Å². The molecular weight excluding hydrogens is 218 g/mol. The summed E-state index contributed by atoms with van der Waals surface area (Å²) in [6, 6.07) is 19.1. The molecule has 2 aromatic carbocycles. The number of H-pyrrole nitrogens is 1. The van der Waals surface area contributed by atoms with Crippen LogP contribution in [0.15, 0.2) is 66.9 Å². The lowest BCUT2D eigenvalue weighted by Gasteiger charge is -1.96. The summed E-state index contributed by atoms with van der Waals surface area (Å²) in [5.74, 6) is 0. The van der Waals surface area contributed by atoms with Crippen molar-refractivity contribution in [2.45, 2.75) is 6.42 Å². The Bertz CT molecular complexity index is 662. The van der Waals surface area contributed by atoms with Gasteiger partial charge in [-0.1, -0.05) is 48.6 Å². The minimum Gasteiger partial charge on any atom is -0.361 e. The van der Waals surface area contributed by atoms with Gasteiger partial charge in [-0.25, -0.2) is 0 Å². The maximum absolute atomic E-state index is 3.20. The third kappa shape index (κ3) is 2.35. The van der Waals surface area contributed by atoms with Gasteiger partial charge in [0.05, 0.1) is 0 Å². The van der Waals surface area contributed by atoms with Crippen LogP contribution in [0.1, 0.15) is 11.1 Å². The lowest BCUT2D eigenvalue weighted by Crippen LogP contribution is -1.79. The molecule has 0 aliphatic rings. The van der Waals surface area contributed by atoms with Crippen LogP contribution >= 0.6 is 0 Å². The second-order valence-corrected chi connectivity index (χ2v) is 4.42. The number of benzene rings is 2. The predicted molar refractivity (Wildman–Crippen MR) is 77.5 cm³/mol. The fourth-order valence-electron chi connectivity index (χ4n) is 2.12. The minimum absolute atomic E-state index is 0.978. The second kappa shape index (κ2) is 4.92. The largest absolute Gasteiger partial charge is 0.361 e. The van der Waals surface area contributed by atoms with E-state index in [-0.39, 0.29) is 0 Å². The normalized spacial score (nSPS) is 11.3. The van der Waals surface area contributed by atoms with Gasteiger partial charge in [-0.2, -0.15) is 0 Å². The van der Waals surface area contributed by atoms with Crippen molar-refractivity contribution < 1.29 is 0 Å². The van der Waals surface area contributed by atoms with Crippen molar-refractivity contribution in [1.29, 1.82) is 0 Å². The molecule has 3 rings (SSSR count). The SMILES string of the molecule is C(=C\c1ccc2[nH]ccc2c1)/Cc1ccccc1. The summed E-state index contributed by atoms with van der Waals surface area (Å²) >= 11 is 0. The third-order valence-electron chi connectivity index (χ3n) is 3.08. The van der Waals surface area contributed by atoms with E-state index in [9.17, 15) is 0 Å². The average Bonchev–Trinajstić information content (AvgIpc) is 2.87. The van der Waals surface area contributed by atoms with Gasteiger partial charge in [-0.15, -0.1) is 0 Å². The highest BCUT2D eigenvalue weighted by atomic mass is 14.7. The van der Waals surface area contributed by atoms with Crippen LogP contribution in [0.4, 0.5) is 0 Å². The zero-order chi connectivity index (χ0) is 12.2. The molecular formula is C17H15N. The van der Waals surface area contributed by atoms with Crippen molar-refractivity contribution in [3.8, 4) is 0 Å². The number of aromatic nitrogens is 1. The van der Waals surface area contributed by atoms with Crippen molar-refractivity contribution in [3.05, 3.63) is 78.0 Å². The average molecular weight is 233 g/mol. The van der Waals surface area contributed by atoms with Crippen molar-refractivity contribution in [3.63, 3.8) is 0 Å². The van der Waals surface area contributed by atoms with Crippen molar-refractivity contribution in [2.24, 2.45) is 0 Å². The van der Waals surface area contributed by atoms with E-state index in [1.165, 1.54) is 22.0 Å². The topological polar surface area (TPSA) is 15.8 Å². The van der Waals surface area contributed by atoms with Gasteiger partial charge in [-0.3, -0.25) is 0 Å². The van der Waals surface area contributed by atoms with Crippen LogP contribution in [0.25, 0.3) is 17.0 Å². The van der Waals surface area contributed by atoms with Gasteiger partial charge in [0.2, 0.25) is 0 Å². The van der Waals surface area contributed by atoms with Crippen LogP contribution in [0, 0.1) is 0 Å². The lowest BCUT2D eigenvalue weighted by atomic mass is 10.1. The summed E-state index contributed by atoms with van der Waals surface area (Å²) in [5.41, 5.74) is 3.78. The highest BCUT2D eigenvalue weighted by molar-refractivity contribution is 5.81. The smallest absolute Gasteiger partial charge is 0.0454 e. The monoisotopic (exact) mass is 233 g/mol. The summed E-state index contributed by atoms with van der Waals surface area (Å²) in [6.07, 6.45) is 7.34. The molecule has 0 unspecified atom stereocenters. The van der Waals surface area contributed by atoms with E-state index >= 15 is 0 Å². The van der Waals surface area contributed by atoms with Crippen LogP contribution < -0.4 is 0 Å². The van der Waals surface area contributed by atoms with Crippen molar-refractivity contribution >= 4 is 17.0 Å². The second-order valence-electron chi connectivity index (χ2n) is 4.42. The number of hydrogen-bond donors (Lipinski definition) is 1. The molecule has 1 heteroatoms. The van der Waals surface area contributed by atoms with Crippen LogP contribution in [0.2, 0.25) is 0 Å². The number of hydrogen-bond acceptors (Lipinski definition) is 0. The lowest BCUT2D eigenvalue weighted by molar-refractivity contribution is 1.28. The van der Waals surface area contributed by atoms with E-state index in [0.29, 0.717) is 0 Å². The molecule has 88 valence electrons. The minimum atomic E-state index is 0.978. The first kappa shape index (κ1) is 10.8. The Kier molecular flexibility index (Phi) is 2.97. The van der Waals surface area contributed by atoms with E-state index < -0.39 is 0 Å². The Balaban J connectivity index is 1.75. The number of rotatable bonds is 3. The summed E-state index contributed by atoms with van der Waals surface area (Å²) in [6.45, 7) is 0. The van der Waals surface area contributed by atoms with Crippen LogP contribution in [0.3, 0.4) is 0 Å². The fraction of sp³-hybridized carbons (Fsp3) is 0.0588. The first-order chi connectivity index (χ1) is 8.92. The van der Waals surface area contributed by atoms with Gasteiger partial charge in [0, 0.05) is 11.7 Å². The molecule has 0 aliphatic heterocycles. The maximum atomic E-state index is 3.20. The predicted octanol–water partition coefficient (Wildman–Crippen LogP) is 4.42. The van der Waals surface area contributed by atoms with E-state index in [1.54, 1.807) is 0 Å². The molecule has 0 saturated carbocycles. The zero-order valence-electron chi connectivity index (χ0n) is 10.1. The van der Waals surface area contributed by atoms with Gasteiger partial charge >= 0.3 is 0 Å². The van der Waals surface area contributed by atoms with Gasteiger partial charge < -0.3 is 4.98 Å². The molecule has 1 aromatic heterocycles. The summed E-state index contributed by atoms with van der Waals surface area (Å²) < 4.78 is 0. The quantitative estimate of drug-likeness (QED) is 0.689. The molecule has 0 aliphatic carbocycles. The van der Waals surface area contributed by atoms with Gasteiger partial charge in [0.25, 0.3) is 0 Å². The molecule has 1 heterocycles. The van der Waals surface area contributed by atoms with Crippen LogP contribution in [-0.4, -0.2) is 4.98 Å². The van der Waals surface area contributed by atoms with E-state index in [4.69, 9.17) is 0 Å².